The number of aliphatic carboxylic acids is 1. The summed E-state index contributed by atoms with van der Waals surface area (Å²) in [5.74, 6) is -1.01. The molecular weight excluding hydrogens is 476 g/mol. The van der Waals surface area contributed by atoms with Crippen molar-refractivity contribution in [3.63, 3.8) is 0 Å². The zero-order chi connectivity index (χ0) is 26.5. The molecular formula is C31H28N4O3. The third-order valence-electron chi connectivity index (χ3n) is 6.61. The SMILES string of the molecule is CC(NC(=O)c1ccc2nc(-c3ccccc3)c(CCCCC(=O)O)nc2c1)c1cncc2ccccc12. The average molecular weight is 505 g/mol. The van der Waals surface area contributed by atoms with Gasteiger partial charge >= 0.3 is 5.97 Å². The summed E-state index contributed by atoms with van der Waals surface area (Å²) in [7, 11) is 0. The Bertz CT molecular complexity index is 1610. The number of hydrogen-bond donors (Lipinski definition) is 2. The molecule has 3 aromatic carbocycles. The van der Waals surface area contributed by atoms with Gasteiger partial charge in [0.1, 0.15) is 0 Å². The Hall–Kier alpha value is -4.65. The first kappa shape index (κ1) is 25.0. The van der Waals surface area contributed by atoms with Crippen molar-refractivity contribution in [1.29, 1.82) is 0 Å². The highest BCUT2D eigenvalue weighted by atomic mass is 16.4. The second-order valence-corrected chi connectivity index (χ2v) is 9.33. The highest BCUT2D eigenvalue weighted by molar-refractivity contribution is 5.98. The van der Waals surface area contributed by atoms with Gasteiger partial charge in [0.05, 0.1) is 28.5 Å². The Morgan fingerprint density at radius 2 is 1.68 bits per heavy atom. The topological polar surface area (TPSA) is 105 Å². The quantitative estimate of drug-likeness (QED) is 0.234. The summed E-state index contributed by atoms with van der Waals surface area (Å²) in [5, 5.41) is 14.2. The summed E-state index contributed by atoms with van der Waals surface area (Å²) < 4.78 is 0. The van der Waals surface area contributed by atoms with E-state index in [2.05, 4.69) is 10.3 Å². The zero-order valence-corrected chi connectivity index (χ0v) is 21.1. The summed E-state index contributed by atoms with van der Waals surface area (Å²) in [6.45, 7) is 1.95. The molecule has 2 heterocycles. The minimum atomic E-state index is -0.804. The predicted octanol–water partition coefficient (Wildman–Crippen LogP) is 6.13. The number of hydrogen-bond acceptors (Lipinski definition) is 5. The monoisotopic (exact) mass is 504 g/mol. The van der Waals surface area contributed by atoms with Crippen LogP contribution in [0.25, 0.3) is 33.1 Å². The van der Waals surface area contributed by atoms with Gasteiger partial charge in [-0.25, -0.2) is 9.97 Å². The van der Waals surface area contributed by atoms with Crippen LogP contribution in [0.5, 0.6) is 0 Å². The van der Waals surface area contributed by atoms with Gasteiger partial charge in [-0.05, 0) is 49.8 Å². The zero-order valence-electron chi connectivity index (χ0n) is 21.1. The van der Waals surface area contributed by atoms with Gasteiger partial charge < -0.3 is 10.4 Å². The summed E-state index contributed by atoms with van der Waals surface area (Å²) >= 11 is 0. The van der Waals surface area contributed by atoms with E-state index in [1.54, 1.807) is 18.3 Å². The van der Waals surface area contributed by atoms with Gasteiger partial charge in [0.15, 0.2) is 0 Å². The first-order valence-corrected chi connectivity index (χ1v) is 12.7. The summed E-state index contributed by atoms with van der Waals surface area (Å²) in [4.78, 5) is 38.3. The highest BCUT2D eigenvalue weighted by Crippen LogP contribution is 2.26. The molecule has 0 saturated heterocycles. The number of pyridine rings is 1. The number of aromatic nitrogens is 3. The molecule has 5 aromatic rings. The number of benzene rings is 3. The third kappa shape index (κ3) is 5.52. The molecule has 1 atom stereocenters. The van der Waals surface area contributed by atoms with Gasteiger partial charge in [-0.15, -0.1) is 0 Å². The third-order valence-corrected chi connectivity index (χ3v) is 6.61. The number of unbranched alkanes of at least 4 members (excludes halogenated alkanes) is 1. The number of aryl methyl sites for hydroxylation is 1. The maximum atomic E-state index is 13.2. The van der Waals surface area contributed by atoms with Crippen molar-refractivity contribution in [2.24, 2.45) is 0 Å². The van der Waals surface area contributed by atoms with E-state index in [0.717, 1.165) is 33.3 Å². The van der Waals surface area contributed by atoms with E-state index in [1.807, 2.05) is 73.8 Å². The lowest BCUT2D eigenvalue weighted by atomic mass is 10.0. The van der Waals surface area contributed by atoms with E-state index in [1.165, 1.54) is 0 Å². The van der Waals surface area contributed by atoms with Crippen molar-refractivity contribution in [1.82, 2.24) is 20.3 Å². The van der Waals surface area contributed by atoms with Gasteiger partial charge in [-0.2, -0.15) is 0 Å². The number of carboxylic acids is 1. The summed E-state index contributed by atoms with van der Waals surface area (Å²) in [6.07, 6.45) is 5.58. The Kier molecular flexibility index (Phi) is 7.35. The molecule has 2 N–H and O–H groups in total. The van der Waals surface area contributed by atoms with Crippen LogP contribution in [0.2, 0.25) is 0 Å². The van der Waals surface area contributed by atoms with Gasteiger partial charge in [0.2, 0.25) is 0 Å². The summed E-state index contributed by atoms with van der Waals surface area (Å²) in [5.41, 5.74) is 5.30. The number of amides is 1. The largest absolute Gasteiger partial charge is 0.481 e. The van der Waals surface area contributed by atoms with Crippen molar-refractivity contribution in [3.05, 3.63) is 102 Å². The number of fused-ring (bicyclic) bond motifs is 2. The molecule has 7 heteroatoms. The second-order valence-electron chi connectivity index (χ2n) is 9.33. The fourth-order valence-corrected chi connectivity index (χ4v) is 4.64. The van der Waals surface area contributed by atoms with Crippen LogP contribution in [0.4, 0.5) is 0 Å². The van der Waals surface area contributed by atoms with Crippen LogP contribution in [0.3, 0.4) is 0 Å². The standard InChI is InChI=1S/C31H28N4O3/c1-20(25-19-32-18-23-11-5-6-12-24(23)25)33-31(38)22-15-16-26-28(17-22)34-27(13-7-8-14-29(36)37)30(35-26)21-9-3-2-4-10-21/h2-6,9-12,15-20H,7-8,13-14H2,1H3,(H,33,38)(H,36,37). The molecule has 1 unspecified atom stereocenters. The van der Waals surface area contributed by atoms with E-state index in [-0.39, 0.29) is 18.4 Å². The second kappa shape index (κ2) is 11.2. The molecule has 0 aliphatic heterocycles. The number of nitrogens with zero attached hydrogens (tertiary/aromatic N) is 3. The maximum absolute atomic E-state index is 13.2. The van der Waals surface area contributed by atoms with Crippen LogP contribution < -0.4 is 5.32 Å². The molecule has 0 saturated carbocycles. The molecule has 0 aliphatic carbocycles. The van der Waals surface area contributed by atoms with E-state index >= 15 is 0 Å². The van der Waals surface area contributed by atoms with Crippen molar-refractivity contribution < 1.29 is 14.7 Å². The molecule has 0 fully saturated rings. The highest BCUT2D eigenvalue weighted by Gasteiger charge is 2.17. The van der Waals surface area contributed by atoms with Gasteiger partial charge in [-0.3, -0.25) is 14.6 Å². The lowest BCUT2D eigenvalue weighted by molar-refractivity contribution is -0.137. The lowest BCUT2D eigenvalue weighted by Crippen LogP contribution is -2.26. The number of carbonyl (C=O) groups excluding carboxylic acids is 1. The fourth-order valence-electron chi connectivity index (χ4n) is 4.64. The van der Waals surface area contributed by atoms with Crippen LogP contribution in [0, 0.1) is 0 Å². The molecule has 7 nitrogen and oxygen atoms in total. The number of nitrogens with one attached hydrogen (secondary N) is 1. The van der Waals surface area contributed by atoms with Crippen molar-refractivity contribution in [2.45, 2.75) is 38.6 Å². The molecule has 0 aliphatic rings. The normalized spacial score (nSPS) is 11.9. The van der Waals surface area contributed by atoms with Crippen LogP contribution in [-0.2, 0) is 11.2 Å². The summed E-state index contributed by atoms with van der Waals surface area (Å²) in [6, 6.07) is 22.9. The van der Waals surface area contributed by atoms with Gasteiger partial charge in [0, 0.05) is 40.9 Å². The van der Waals surface area contributed by atoms with Crippen molar-refractivity contribution in [3.8, 4) is 11.3 Å². The van der Waals surface area contributed by atoms with Crippen LogP contribution >= 0.6 is 0 Å². The van der Waals surface area contributed by atoms with Crippen LogP contribution in [0.1, 0.15) is 53.8 Å². The minimum Gasteiger partial charge on any atom is -0.481 e. The van der Waals surface area contributed by atoms with Crippen molar-refractivity contribution in [2.75, 3.05) is 0 Å². The molecule has 190 valence electrons. The smallest absolute Gasteiger partial charge is 0.303 e. The van der Waals surface area contributed by atoms with E-state index in [4.69, 9.17) is 15.1 Å². The predicted molar refractivity (Wildman–Crippen MR) is 148 cm³/mol. The molecule has 38 heavy (non-hydrogen) atoms. The first-order chi connectivity index (χ1) is 18.5. The number of carboxylic acid groups (broad SMARTS) is 1. The Morgan fingerprint density at radius 3 is 2.50 bits per heavy atom. The molecule has 1 amide bonds. The molecule has 2 aromatic heterocycles. The van der Waals surface area contributed by atoms with Crippen molar-refractivity contribution >= 4 is 33.7 Å². The Labute approximate surface area is 220 Å². The van der Waals surface area contributed by atoms with E-state index < -0.39 is 5.97 Å². The average Bonchev–Trinajstić information content (AvgIpc) is 2.94. The lowest BCUT2D eigenvalue weighted by Gasteiger charge is -2.16. The van der Waals surface area contributed by atoms with Gasteiger partial charge in [0.25, 0.3) is 5.91 Å². The molecule has 0 bridgehead atoms. The number of carbonyl (C=O) groups is 2. The fraction of sp³-hybridized carbons (Fsp3) is 0.194. The molecule has 5 rings (SSSR count). The number of rotatable bonds is 9. The Balaban J connectivity index is 1.43. The molecule has 0 spiro atoms. The van der Waals surface area contributed by atoms with E-state index in [9.17, 15) is 9.59 Å². The maximum Gasteiger partial charge on any atom is 0.303 e. The van der Waals surface area contributed by atoms with Crippen LogP contribution in [-0.4, -0.2) is 31.9 Å². The van der Waals surface area contributed by atoms with Crippen LogP contribution in [0.15, 0.2) is 85.2 Å². The van der Waals surface area contributed by atoms with E-state index in [0.29, 0.717) is 35.9 Å². The first-order valence-electron chi connectivity index (χ1n) is 12.7. The molecule has 0 radical (unpaired) electrons. The minimum absolute atomic E-state index is 0.121. The Morgan fingerprint density at radius 1 is 0.895 bits per heavy atom. The van der Waals surface area contributed by atoms with Gasteiger partial charge in [-0.1, -0.05) is 54.6 Å².